The molecule has 2 N–H and O–H groups in total. The van der Waals surface area contributed by atoms with E-state index in [0.717, 1.165) is 29.6 Å². The van der Waals surface area contributed by atoms with Crippen molar-refractivity contribution in [3.8, 4) is 0 Å². The largest absolute Gasteiger partial charge is 1.00 e. The van der Waals surface area contributed by atoms with Crippen LogP contribution in [0.15, 0.2) is 11.6 Å². The van der Waals surface area contributed by atoms with Gasteiger partial charge in [-0.25, -0.2) is 4.79 Å². The van der Waals surface area contributed by atoms with E-state index in [0.29, 0.717) is 0 Å². The fourth-order valence-corrected chi connectivity index (χ4v) is 4.08. The highest BCUT2D eigenvalue weighted by molar-refractivity contribution is 5.83. The molecule has 6 atom stereocenters. The van der Waals surface area contributed by atoms with Gasteiger partial charge in [-0.15, -0.1) is 0 Å². The van der Waals surface area contributed by atoms with Crippen LogP contribution < -0.4 is 17.0 Å². The SMILES string of the molecule is CC1C(=O)OC2CC[N+]3(C)CC=C(COC(=O)C(C)(O)C1(C)O)C23.[Br-]. The molecule has 3 rings (SSSR count). The lowest BCUT2D eigenvalue weighted by Gasteiger charge is -2.39. The zero-order valence-electron chi connectivity index (χ0n) is 15.0. The van der Waals surface area contributed by atoms with Crippen molar-refractivity contribution < 1.29 is 50.7 Å². The third-order valence-electron chi connectivity index (χ3n) is 6.32. The van der Waals surface area contributed by atoms with E-state index in [1.165, 1.54) is 20.8 Å². The fraction of sp³-hybridized carbons (Fsp3) is 0.765. The highest BCUT2D eigenvalue weighted by atomic mass is 79.9. The van der Waals surface area contributed by atoms with E-state index in [-0.39, 0.29) is 35.7 Å². The third kappa shape index (κ3) is 2.93. The summed E-state index contributed by atoms with van der Waals surface area (Å²) >= 11 is 0. The van der Waals surface area contributed by atoms with Gasteiger partial charge in [0.1, 0.15) is 12.2 Å². The van der Waals surface area contributed by atoms with Crippen LogP contribution in [0.5, 0.6) is 0 Å². The van der Waals surface area contributed by atoms with Gasteiger partial charge in [0.15, 0.2) is 17.7 Å². The average Bonchev–Trinajstić information content (AvgIpc) is 2.99. The highest BCUT2D eigenvalue weighted by Gasteiger charge is 2.58. The maximum absolute atomic E-state index is 12.6. The Bertz CT molecular complexity index is 616. The number of esters is 2. The number of halogens is 1. The van der Waals surface area contributed by atoms with Gasteiger partial charge >= 0.3 is 11.9 Å². The summed E-state index contributed by atoms with van der Waals surface area (Å²) in [4.78, 5) is 24.9. The molecule has 3 heterocycles. The number of carbonyl (C=O) groups is 2. The van der Waals surface area contributed by atoms with Crippen LogP contribution in [0.25, 0.3) is 0 Å². The monoisotopic (exact) mass is 419 g/mol. The van der Waals surface area contributed by atoms with E-state index in [1.807, 2.05) is 6.08 Å². The second-order valence-electron chi connectivity index (χ2n) is 7.89. The summed E-state index contributed by atoms with van der Waals surface area (Å²) in [5, 5.41) is 21.2. The molecule has 0 aliphatic carbocycles. The van der Waals surface area contributed by atoms with Crippen LogP contribution in [0.2, 0.25) is 0 Å². The van der Waals surface area contributed by atoms with Gasteiger partial charge in [-0.1, -0.05) is 0 Å². The van der Waals surface area contributed by atoms with Crippen LogP contribution in [0, 0.1) is 5.92 Å². The molecule has 0 aromatic carbocycles. The summed E-state index contributed by atoms with van der Waals surface area (Å²) < 4.78 is 11.7. The molecule has 0 spiro atoms. The number of likely N-dealkylation sites (N-methyl/N-ethyl adjacent to an activating group) is 1. The molecule has 2 saturated heterocycles. The average molecular weight is 420 g/mol. The zero-order chi connectivity index (χ0) is 17.9. The molecule has 8 heteroatoms. The summed E-state index contributed by atoms with van der Waals surface area (Å²) in [6.45, 7) is 5.59. The first-order valence-corrected chi connectivity index (χ1v) is 8.36. The zero-order valence-corrected chi connectivity index (χ0v) is 16.6. The molecule has 2 fully saturated rings. The smallest absolute Gasteiger partial charge is 0.341 e. The van der Waals surface area contributed by atoms with Gasteiger partial charge < -0.3 is 41.2 Å². The summed E-state index contributed by atoms with van der Waals surface area (Å²) in [6.07, 6.45) is 2.44. The molecule has 0 saturated carbocycles. The number of rotatable bonds is 0. The summed E-state index contributed by atoms with van der Waals surface area (Å²) in [5.41, 5.74) is -3.32. The van der Waals surface area contributed by atoms with Gasteiger partial charge in [-0.3, -0.25) is 4.79 Å². The Morgan fingerprint density at radius 3 is 2.56 bits per heavy atom. The molecular weight excluding hydrogens is 394 g/mol. The van der Waals surface area contributed by atoms with E-state index < -0.39 is 29.1 Å². The van der Waals surface area contributed by atoms with E-state index in [2.05, 4.69) is 7.05 Å². The minimum absolute atomic E-state index is 0. The maximum atomic E-state index is 12.6. The number of nitrogens with zero attached hydrogens (tertiary/aromatic N) is 1. The molecule has 0 bridgehead atoms. The molecule has 6 unspecified atom stereocenters. The molecule has 142 valence electrons. The van der Waals surface area contributed by atoms with Crippen molar-refractivity contribution in [1.82, 2.24) is 0 Å². The quantitative estimate of drug-likeness (QED) is 0.243. The van der Waals surface area contributed by atoms with Crippen molar-refractivity contribution in [2.24, 2.45) is 5.92 Å². The topological polar surface area (TPSA) is 93.1 Å². The number of ether oxygens (including phenoxy) is 2. The molecule has 25 heavy (non-hydrogen) atoms. The van der Waals surface area contributed by atoms with E-state index >= 15 is 0 Å². The molecule has 0 aromatic rings. The molecular formula is C17H26BrNO6. The number of quaternary nitrogens is 1. The maximum Gasteiger partial charge on any atom is 0.341 e. The Hall–Kier alpha value is -0.960. The lowest BCUT2D eigenvalue weighted by atomic mass is 9.76. The molecule has 7 nitrogen and oxygen atoms in total. The Labute approximate surface area is 157 Å². The van der Waals surface area contributed by atoms with Crippen LogP contribution in [0.3, 0.4) is 0 Å². The van der Waals surface area contributed by atoms with Crippen molar-refractivity contribution in [3.63, 3.8) is 0 Å². The minimum atomic E-state index is -2.22. The van der Waals surface area contributed by atoms with Gasteiger partial charge in [-0.2, -0.15) is 0 Å². The highest BCUT2D eigenvalue weighted by Crippen LogP contribution is 2.39. The normalized spacial score (nSPS) is 47.0. The van der Waals surface area contributed by atoms with Crippen molar-refractivity contribution >= 4 is 11.9 Å². The number of carbonyl (C=O) groups excluding carboxylic acids is 2. The Balaban J connectivity index is 0.00000225. The fourth-order valence-electron chi connectivity index (χ4n) is 4.08. The van der Waals surface area contributed by atoms with Crippen molar-refractivity contribution in [3.05, 3.63) is 11.6 Å². The molecule has 0 radical (unpaired) electrons. The molecule has 0 amide bonds. The van der Waals surface area contributed by atoms with Crippen molar-refractivity contribution in [2.45, 2.75) is 50.5 Å². The van der Waals surface area contributed by atoms with Gasteiger partial charge in [0.05, 0.1) is 26.1 Å². The Morgan fingerprint density at radius 2 is 1.92 bits per heavy atom. The number of hydrogen-bond donors (Lipinski definition) is 2. The minimum Gasteiger partial charge on any atom is -1.00 e. The first-order chi connectivity index (χ1) is 11.0. The second-order valence-corrected chi connectivity index (χ2v) is 7.89. The standard InChI is InChI=1S/C17H26NO6.BrH/c1-10-14(19)24-12-6-8-18(4)7-5-11(13(12)18)9-23-15(20)17(3,22)16(10,2)21;/h5,10,12-13,21-22H,6-9H2,1-4H3;1H/q+1;/p-1. The van der Waals surface area contributed by atoms with Crippen LogP contribution in [-0.4, -0.2) is 76.7 Å². The molecule has 3 aliphatic heterocycles. The van der Waals surface area contributed by atoms with E-state index in [1.54, 1.807) is 0 Å². The van der Waals surface area contributed by atoms with Crippen LogP contribution >= 0.6 is 0 Å². The first kappa shape index (κ1) is 20.4. The lowest BCUT2D eigenvalue weighted by molar-refractivity contribution is -0.906. The first-order valence-electron chi connectivity index (χ1n) is 8.36. The van der Waals surface area contributed by atoms with Crippen LogP contribution in [0.4, 0.5) is 0 Å². The number of hydrogen-bond acceptors (Lipinski definition) is 6. The predicted octanol–water partition coefficient (Wildman–Crippen LogP) is -3.24. The van der Waals surface area contributed by atoms with Gasteiger partial charge in [0, 0.05) is 12.0 Å². The van der Waals surface area contributed by atoms with Gasteiger partial charge in [0.25, 0.3) is 0 Å². The Kier molecular flexibility index (Phi) is 5.16. The van der Waals surface area contributed by atoms with Crippen molar-refractivity contribution in [2.75, 3.05) is 26.7 Å². The van der Waals surface area contributed by atoms with E-state index in [9.17, 15) is 19.8 Å². The lowest BCUT2D eigenvalue weighted by Crippen LogP contribution is -3.00. The van der Waals surface area contributed by atoms with E-state index in [4.69, 9.17) is 9.47 Å². The Morgan fingerprint density at radius 1 is 1.28 bits per heavy atom. The summed E-state index contributed by atoms with van der Waals surface area (Å²) in [6, 6.07) is -0.0399. The second kappa shape index (κ2) is 6.33. The van der Waals surface area contributed by atoms with Gasteiger partial charge in [0.2, 0.25) is 0 Å². The third-order valence-corrected chi connectivity index (χ3v) is 6.32. The molecule has 3 aliphatic rings. The number of cyclic esters (lactones) is 1. The van der Waals surface area contributed by atoms with Crippen molar-refractivity contribution in [1.29, 1.82) is 0 Å². The van der Waals surface area contributed by atoms with Crippen LogP contribution in [-0.2, 0) is 19.1 Å². The van der Waals surface area contributed by atoms with Crippen LogP contribution in [0.1, 0.15) is 27.2 Å². The molecule has 0 aromatic heterocycles. The summed E-state index contributed by atoms with van der Waals surface area (Å²) in [5.74, 6) is -2.63. The predicted molar refractivity (Wildman–Crippen MR) is 83.7 cm³/mol. The number of aliphatic hydroxyl groups is 2. The summed E-state index contributed by atoms with van der Waals surface area (Å²) in [7, 11) is 2.10. The van der Waals surface area contributed by atoms with Gasteiger partial charge in [-0.05, 0) is 26.8 Å².